The normalized spacial score (nSPS) is 23.0. The van der Waals surface area contributed by atoms with Gasteiger partial charge in [0.05, 0.1) is 0 Å². The second-order valence-corrected chi connectivity index (χ2v) is 5.50. The van der Waals surface area contributed by atoms with Crippen LogP contribution in [0.5, 0.6) is 0 Å². The minimum Gasteiger partial charge on any atom is -0.306 e. The van der Waals surface area contributed by atoms with Crippen LogP contribution in [-0.4, -0.2) is 31.1 Å². The molecule has 1 aliphatic heterocycles. The molecule has 1 aliphatic rings. The molecule has 1 aromatic carbocycles. The largest absolute Gasteiger partial charge is 0.306 e. The third-order valence-electron chi connectivity index (χ3n) is 3.81. The maximum absolute atomic E-state index is 13.5. The highest BCUT2D eigenvalue weighted by Gasteiger charge is 2.19. The van der Waals surface area contributed by atoms with Crippen molar-refractivity contribution in [3.8, 4) is 0 Å². The molecule has 100 valence electrons. The molecule has 1 aromatic rings. The fraction of sp³-hybridized carbons (Fsp3) is 0.600. The lowest BCUT2D eigenvalue weighted by molar-refractivity contribution is 0.218. The van der Waals surface area contributed by atoms with Gasteiger partial charge in [-0.3, -0.25) is 0 Å². The Hall–Kier alpha value is -0.930. The molecule has 2 rings (SSSR count). The van der Waals surface area contributed by atoms with E-state index in [0.717, 1.165) is 12.1 Å². The summed E-state index contributed by atoms with van der Waals surface area (Å²) in [5.74, 6) is -0.109. The van der Waals surface area contributed by atoms with Gasteiger partial charge in [0.2, 0.25) is 0 Å². The van der Waals surface area contributed by atoms with Crippen LogP contribution in [0.15, 0.2) is 18.2 Å². The maximum atomic E-state index is 13.5. The Morgan fingerprint density at radius 3 is 2.89 bits per heavy atom. The van der Waals surface area contributed by atoms with Gasteiger partial charge in [0, 0.05) is 18.6 Å². The third kappa shape index (κ3) is 3.30. The lowest BCUT2D eigenvalue weighted by atomic mass is 10.0. The van der Waals surface area contributed by atoms with E-state index in [1.54, 1.807) is 13.0 Å². The number of nitrogens with one attached hydrogen (secondary N) is 1. The van der Waals surface area contributed by atoms with Crippen LogP contribution in [0.1, 0.15) is 36.9 Å². The second-order valence-electron chi connectivity index (χ2n) is 5.50. The molecular formula is C15H23FN2. The molecule has 3 heteroatoms. The Morgan fingerprint density at radius 2 is 2.22 bits per heavy atom. The summed E-state index contributed by atoms with van der Waals surface area (Å²) in [6.07, 6.45) is 2.45. The average molecular weight is 250 g/mol. The number of likely N-dealkylation sites (tertiary alicyclic amines) is 1. The van der Waals surface area contributed by atoms with E-state index >= 15 is 0 Å². The van der Waals surface area contributed by atoms with Crippen LogP contribution < -0.4 is 5.32 Å². The zero-order valence-corrected chi connectivity index (χ0v) is 11.5. The first-order valence-electron chi connectivity index (χ1n) is 6.77. The Balaban J connectivity index is 1.98. The third-order valence-corrected chi connectivity index (χ3v) is 3.81. The molecule has 1 N–H and O–H groups in total. The number of rotatable bonds is 3. The summed E-state index contributed by atoms with van der Waals surface area (Å²) < 4.78 is 13.5. The van der Waals surface area contributed by atoms with Crippen molar-refractivity contribution in [3.05, 3.63) is 35.1 Å². The average Bonchev–Trinajstić information content (AvgIpc) is 2.32. The summed E-state index contributed by atoms with van der Waals surface area (Å²) >= 11 is 0. The molecule has 18 heavy (non-hydrogen) atoms. The van der Waals surface area contributed by atoms with Crippen molar-refractivity contribution in [1.29, 1.82) is 0 Å². The van der Waals surface area contributed by atoms with Crippen molar-refractivity contribution < 1.29 is 4.39 Å². The molecule has 0 amide bonds. The highest BCUT2D eigenvalue weighted by Crippen LogP contribution is 2.18. The molecular weight excluding hydrogens is 227 g/mol. The van der Waals surface area contributed by atoms with Crippen molar-refractivity contribution in [3.63, 3.8) is 0 Å². The van der Waals surface area contributed by atoms with E-state index in [-0.39, 0.29) is 11.9 Å². The SMILES string of the molecule is Cc1ccc(C(C)NC2CCCN(C)C2)cc1F. The molecule has 1 fully saturated rings. The Morgan fingerprint density at radius 1 is 1.44 bits per heavy atom. The number of aryl methyl sites for hydroxylation is 1. The van der Waals surface area contributed by atoms with Crippen LogP contribution in [0.25, 0.3) is 0 Å². The number of nitrogens with zero attached hydrogens (tertiary/aromatic N) is 1. The summed E-state index contributed by atoms with van der Waals surface area (Å²) in [5, 5.41) is 3.60. The number of hydrogen-bond donors (Lipinski definition) is 1. The lowest BCUT2D eigenvalue weighted by Gasteiger charge is -2.32. The van der Waals surface area contributed by atoms with Gasteiger partial charge in [-0.25, -0.2) is 4.39 Å². The van der Waals surface area contributed by atoms with E-state index < -0.39 is 0 Å². The van der Waals surface area contributed by atoms with Crippen LogP contribution in [0.3, 0.4) is 0 Å². The van der Waals surface area contributed by atoms with Crippen LogP contribution in [0, 0.1) is 12.7 Å². The lowest BCUT2D eigenvalue weighted by Crippen LogP contribution is -2.44. The summed E-state index contributed by atoms with van der Waals surface area (Å²) in [4.78, 5) is 2.35. The Labute approximate surface area is 109 Å². The fourth-order valence-electron chi connectivity index (χ4n) is 2.63. The number of hydrogen-bond acceptors (Lipinski definition) is 2. The Kier molecular flexibility index (Phi) is 4.36. The smallest absolute Gasteiger partial charge is 0.126 e. The molecule has 1 heterocycles. The van der Waals surface area contributed by atoms with Crippen LogP contribution in [0.2, 0.25) is 0 Å². The topological polar surface area (TPSA) is 15.3 Å². The molecule has 1 saturated heterocycles. The monoisotopic (exact) mass is 250 g/mol. The van der Waals surface area contributed by atoms with Gasteiger partial charge < -0.3 is 10.2 Å². The summed E-state index contributed by atoms with van der Waals surface area (Å²) in [6.45, 7) is 6.18. The predicted octanol–water partition coefficient (Wildman–Crippen LogP) is 2.88. The van der Waals surface area contributed by atoms with Crippen molar-refractivity contribution in [2.75, 3.05) is 20.1 Å². The van der Waals surface area contributed by atoms with Gasteiger partial charge in [-0.2, -0.15) is 0 Å². The highest BCUT2D eigenvalue weighted by atomic mass is 19.1. The zero-order chi connectivity index (χ0) is 13.1. The molecule has 0 saturated carbocycles. The van der Waals surface area contributed by atoms with Crippen molar-refractivity contribution in [2.24, 2.45) is 0 Å². The molecule has 0 aliphatic carbocycles. The van der Waals surface area contributed by atoms with Crippen LogP contribution >= 0.6 is 0 Å². The van der Waals surface area contributed by atoms with Gasteiger partial charge in [0.15, 0.2) is 0 Å². The molecule has 0 spiro atoms. The molecule has 2 nitrogen and oxygen atoms in total. The van der Waals surface area contributed by atoms with Crippen LogP contribution in [0.4, 0.5) is 4.39 Å². The van der Waals surface area contributed by atoms with Gasteiger partial charge in [-0.1, -0.05) is 12.1 Å². The van der Waals surface area contributed by atoms with E-state index in [2.05, 4.69) is 24.2 Å². The van der Waals surface area contributed by atoms with Crippen molar-refractivity contribution in [1.82, 2.24) is 10.2 Å². The zero-order valence-electron chi connectivity index (χ0n) is 11.5. The predicted molar refractivity (Wildman–Crippen MR) is 73.2 cm³/mol. The molecule has 0 bridgehead atoms. The highest BCUT2D eigenvalue weighted by molar-refractivity contribution is 5.25. The van der Waals surface area contributed by atoms with Gasteiger partial charge >= 0.3 is 0 Å². The van der Waals surface area contributed by atoms with Gasteiger partial charge in [0.25, 0.3) is 0 Å². The van der Waals surface area contributed by atoms with Crippen LogP contribution in [-0.2, 0) is 0 Å². The number of likely N-dealkylation sites (N-methyl/N-ethyl adjacent to an activating group) is 1. The first kappa shape index (κ1) is 13.5. The standard InChI is InChI=1S/C15H23FN2/c1-11-6-7-13(9-15(11)16)12(2)17-14-5-4-8-18(3)10-14/h6-7,9,12,14,17H,4-5,8,10H2,1-3H3. The molecule has 0 radical (unpaired) electrons. The van der Waals surface area contributed by atoms with E-state index in [1.165, 1.54) is 19.4 Å². The molecule has 2 atom stereocenters. The number of piperidine rings is 1. The summed E-state index contributed by atoms with van der Waals surface area (Å²) in [5.41, 5.74) is 1.75. The minimum absolute atomic E-state index is 0.109. The molecule has 0 aromatic heterocycles. The van der Waals surface area contributed by atoms with Crippen molar-refractivity contribution >= 4 is 0 Å². The van der Waals surface area contributed by atoms with Crippen molar-refractivity contribution in [2.45, 2.75) is 38.8 Å². The number of halogens is 1. The van der Waals surface area contributed by atoms with Gasteiger partial charge in [-0.15, -0.1) is 0 Å². The van der Waals surface area contributed by atoms with E-state index in [0.29, 0.717) is 11.6 Å². The first-order valence-corrected chi connectivity index (χ1v) is 6.77. The van der Waals surface area contributed by atoms with E-state index in [1.807, 2.05) is 12.1 Å². The Bertz CT molecular complexity index is 405. The van der Waals surface area contributed by atoms with E-state index in [9.17, 15) is 4.39 Å². The first-order chi connectivity index (χ1) is 8.56. The fourth-order valence-corrected chi connectivity index (χ4v) is 2.63. The maximum Gasteiger partial charge on any atom is 0.126 e. The molecule has 2 unspecified atom stereocenters. The summed E-state index contributed by atoms with van der Waals surface area (Å²) in [6, 6.07) is 6.25. The minimum atomic E-state index is -0.109. The van der Waals surface area contributed by atoms with E-state index in [4.69, 9.17) is 0 Å². The second kappa shape index (κ2) is 5.81. The summed E-state index contributed by atoms with van der Waals surface area (Å²) in [7, 11) is 2.16. The van der Waals surface area contributed by atoms with Gasteiger partial charge in [-0.05, 0) is 57.5 Å². The van der Waals surface area contributed by atoms with Gasteiger partial charge in [0.1, 0.15) is 5.82 Å². The quantitative estimate of drug-likeness (QED) is 0.887. The number of benzene rings is 1.